The lowest BCUT2D eigenvalue weighted by Gasteiger charge is -2.10. The van der Waals surface area contributed by atoms with E-state index in [2.05, 4.69) is 15.3 Å². The smallest absolute Gasteiger partial charge is 0.262 e. The standard InChI is InChI=1S/C20H15ClN4O2/c21-17-7-8-18(20-16(17)2-1-9-23-20)27-12-19(26)24-14-3-5-15(6-4-14)25-11-10-22-13-25/h1-11,13H,12H2,(H,24,26). The summed E-state index contributed by atoms with van der Waals surface area (Å²) in [5.74, 6) is 0.255. The summed E-state index contributed by atoms with van der Waals surface area (Å²) in [6, 6.07) is 14.6. The number of benzene rings is 2. The van der Waals surface area contributed by atoms with Crippen molar-refractivity contribution in [2.24, 2.45) is 0 Å². The summed E-state index contributed by atoms with van der Waals surface area (Å²) in [6.45, 7) is -0.128. The number of rotatable bonds is 5. The number of amides is 1. The Labute approximate surface area is 160 Å². The fraction of sp³-hybridized carbons (Fsp3) is 0.0500. The van der Waals surface area contributed by atoms with Crippen molar-refractivity contribution < 1.29 is 9.53 Å². The number of hydrogen-bond acceptors (Lipinski definition) is 4. The van der Waals surface area contributed by atoms with Gasteiger partial charge in [-0.2, -0.15) is 0 Å². The number of nitrogens with one attached hydrogen (secondary N) is 1. The fourth-order valence-corrected chi connectivity index (χ4v) is 2.91. The van der Waals surface area contributed by atoms with Crippen LogP contribution in [-0.4, -0.2) is 27.0 Å². The van der Waals surface area contributed by atoms with Gasteiger partial charge in [0, 0.05) is 35.4 Å². The number of halogens is 1. The Balaban J connectivity index is 1.41. The average Bonchev–Trinajstić information content (AvgIpc) is 3.23. The Morgan fingerprint density at radius 3 is 2.74 bits per heavy atom. The molecule has 7 heteroatoms. The van der Waals surface area contributed by atoms with E-state index >= 15 is 0 Å². The summed E-state index contributed by atoms with van der Waals surface area (Å²) in [4.78, 5) is 20.5. The third-order valence-corrected chi connectivity index (χ3v) is 4.32. The van der Waals surface area contributed by atoms with E-state index in [1.807, 2.05) is 41.1 Å². The van der Waals surface area contributed by atoms with Crippen LogP contribution in [-0.2, 0) is 4.79 Å². The van der Waals surface area contributed by atoms with Gasteiger partial charge in [-0.15, -0.1) is 0 Å². The number of aromatic nitrogens is 3. The highest BCUT2D eigenvalue weighted by Gasteiger charge is 2.09. The van der Waals surface area contributed by atoms with Crippen LogP contribution >= 0.6 is 11.6 Å². The van der Waals surface area contributed by atoms with Gasteiger partial charge in [0.05, 0.1) is 11.3 Å². The molecule has 0 fully saturated rings. The summed E-state index contributed by atoms with van der Waals surface area (Å²) in [5, 5.41) is 4.18. The highest BCUT2D eigenvalue weighted by atomic mass is 35.5. The molecule has 1 N–H and O–H groups in total. The summed E-state index contributed by atoms with van der Waals surface area (Å²) < 4.78 is 7.53. The monoisotopic (exact) mass is 378 g/mol. The van der Waals surface area contributed by atoms with Crippen LogP contribution in [0.1, 0.15) is 0 Å². The van der Waals surface area contributed by atoms with E-state index in [4.69, 9.17) is 16.3 Å². The predicted molar refractivity (Wildman–Crippen MR) is 104 cm³/mol. The maximum Gasteiger partial charge on any atom is 0.262 e. The molecule has 6 nitrogen and oxygen atoms in total. The van der Waals surface area contributed by atoms with Gasteiger partial charge in [-0.3, -0.25) is 9.78 Å². The van der Waals surface area contributed by atoms with Gasteiger partial charge in [-0.25, -0.2) is 4.98 Å². The number of fused-ring (bicyclic) bond motifs is 1. The Bertz CT molecular complexity index is 1080. The molecule has 0 unspecified atom stereocenters. The van der Waals surface area contributed by atoms with Crippen molar-refractivity contribution in [3.63, 3.8) is 0 Å². The number of anilines is 1. The first-order valence-corrected chi connectivity index (χ1v) is 8.63. The molecular weight excluding hydrogens is 364 g/mol. The first-order chi connectivity index (χ1) is 13.2. The van der Waals surface area contributed by atoms with Gasteiger partial charge >= 0.3 is 0 Å². The van der Waals surface area contributed by atoms with Crippen LogP contribution in [0.5, 0.6) is 5.75 Å². The van der Waals surface area contributed by atoms with E-state index < -0.39 is 0 Å². The average molecular weight is 379 g/mol. The van der Waals surface area contributed by atoms with E-state index in [0.29, 0.717) is 22.0 Å². The van der Waals surface area contributed by atoms with Crippen LogP contribution in [0.2, 0.25) is 5.02 Å². The molecule has 4 aromatic rings. The summed E-state index contributed by atoms with van der Waals surface area (Å²) >= 11 is 6.17. The number of carbonyl (C=O) groups is 1. The van der Waals surface area contributed by atoms with Crippen molar-refractivity contribution in [3.05, 3.63) is 78.5 Å². The number of ether oxygens (including phenoxy) is 1. The molecule has 134 valence electrons. The maximum absolute atomic E-state index is 12.2. The number of imidazole rings is 1. The molecule has 0 saturated carbocycles. The number of nitrogens with zero attached hydrogens (tertiary/aromatic N) is 3. The van der Waals surface area contributed by atoms with Crippen LogP contribution in [0.3, 0.4) is 0 Å². The number of hydrogen-bond donors (Lipinski definition) is 1. The topological polar surface area (TPSA) is 69.0 Å². The first-order valence-electron chi connectivity index (χ1n) is 8.25. The molecule has 2 heterocycles. The van der Waals surface area contributed by atoms with Gasteiger partial charge in [0.2, 0.25) is 0 Å². The van der Waals surface area contributed by atoms with E-state index in [1.165, 1.54) is 0 Å². The first kappa shape index (κ1) is 17.1. The summed E-state index contributed by atoms with van der Waals surface area (Å²) in [6.07, 6.45) is 6.94. The predicted octanol–water partition coefficient (Wildman–Crippen LogP) is 4.09. The van der Waals surface area contributed by atoms with Crippen molar-refractivity contribution in [3.8, 4) is 11.4 Å². The normalized spacial score (nSPS) is 10.7. The number of carbonyl (C=O) groups excluding carboxylic acids is 1. The van der Waals surface area contributed by atoms with Crippen molar-refractivity contribution >= 4 is 34.1 Å². The van der Waals surface area contributed by atoms with Crippen molar-refractivity contribution in [2.45, 2.75) is 0 Å². The molecule has 0 aliphatic rings. The third-order valence-electron chi connectivity index (χ3n) is 3.99. The van der Waals surface area contributed by atoms with Gasteiger partial charge in [0.1, 0.15) is 11.3 Å². The molecule has 2 aromatic carbocycles. The van der Waals surface area contributed by atoms with Gasteiger partial charge in [0.15, 0.2) is 6.61 Å². The lowest BCUT2D eigenvalue weighted by molar-refractivity contribution is -0.118. The lowest BCUT2D eigenvalue weighted by Crippen LogP contribution is -2.20. The zero-order chi connectivity index (χ0) is 18.6. The van der Waals surface area contributed by atoms with Gasteiger partial charge < -0.3 is 14.6 Å². The molecule has 4 rings (SSSR count). The third kappa shape index (κ3) is 3.75. The minimum absolute atomic E-state index is 0.128. The minimum Gasteiger partial charge on any atom is -0.481 e. The van der Waals surface area contributed by atoms with Crippen LogP contribution in [0.4, 0.5) is 5.69 Å². The van der Waals surface area contributed by atoms with Crippen LogP contribution in [0.25, 0.3) is 16.6 Å². The van der Waals surface area contributed by atoms with Crippen molar-refractivity contribution in [1.29, 1.82) is 0 Å². The molecule has 0 atom stereocenters. The highest BCUT2D eigenvalue weighted by molar-refractivity contribution is 6.35. The summed E-state index contributed by atoms with van der Waals surface area (Å²) in [7, 11) is 0. The quantitative estimate of drug-likeness (QED) is 0.568. The Morgan fingerprint density at radius 2 is 1.96 bits per heavy atom. The lowest BCUT2D eigenvalue weighted by atomic mass is 10.2. The van der Waals surface area contributed by atoms with Gasteiger partial charge in [0.25, 0.3) is 5.91 Å². The maximum atomic E-state index is 12.2. The molecule has 1 amide bonds. The zero-order valence-corrected chi connectivity index (χ0v) is 14.9. The Kier molecular flexibility index (Phi) is 4.72. The van der Waals surface area contributed by atoms with Crippen LogP contribution < -0.4 is 10.1 Å². The van der Waals surface area contributed by atoms with Gasteiger partial charge in [-0.05, 0) is 48.5 Å². The summed E-state index contributed by atoms with van der Waals surface area (Å²) in [5.41, 5.74) is 2.27. The highest BCUT2D eigenvalue weighted by Crippen LogP contribution is 2.29. The van der Waals surface area contributed by atoms with Crippen LogP contribution in [0.15, 0.2) is 73.4 Å². The molecule has 0 bridgehead atoms. The van der Waals surface area contributed by atoms with Crippen LogP contribution in [0, 0.1) is 0 Å². The van der Waals surface area contributed by atoms with E-state index in [-0.39, 0.29) is 12.5 Å². The molecule has 0 aliphatic heterocycles. The van der Waals surface area contributed by atoms with Crippen molar-refractivity contribution in [2.75, 3.05) is 11.9 Å². The second-order valence-corrected chi connectivity index (χ2v) is 6.21. The van der Waals surface area contributed by atoms with E-state index in [9.17, 15) is 4.79 Å². The molecule has 2 aromatic heterocycles. The molecule has 0 spiro atoms. The SMILES string of the molecule is O=C(COc1ccc(Cl)c2cccnc12)Nc1ccc(-n2ccnc2)cc1. The number of pyridine rings is 1. The van der Waals surface area contributed by atoms with Crippen molar-refractivity contribution in [1.82, 2.24) is 14.5 Å². The van der Waals surface area contributed by atoms with E-state index in [0.717, 1.165) is 11.1 Å². The molecule has 27 heavy (non-hydrogen) atoms. The largest absolute Gasteiger partial charge is 0.481 e. The van der Waals surface area contributed by atoms with Gasteiger partial charge in [-0.1, -0.05) is 11.6 Å². The molecule has 0 saturated heterocycles. The second-order valence-electron chi connectivity index (χ2n) is 5.80. The minimum atomic E-state index is -0.260. The van der Waals surface area contributed by atoms with E-state index in [1.54, 1.807) is 36.9 Å². The second kappa shape index (κ2) is 7.47. The zero-order valence-electron chi connectivity index (χ0n) is 14.2. The molecular formula is C20H15ClN4O2. The fourth-order valence-electron chi connectivity index (χ4n) is 2.70. The molecule has 0 aliphatic carbocycles. The Morgan fingerprint density at radius 1 is 1.11 bits per heavy atom. The Hall–Kier alpha value is -3.38. The molecule has 0 radical (unpaired) electrons.